The van der Waals surface area contributed by atoms with E-state index in [1.165, 1.54) is 11.8 Å². The molecule has 0 aliphatic carbocycles. The molecule has 2 unspecified atom stereocenters. The molecule has 1 aromatic carbocycles. The number of aromatic amines is 1. The number of fused-ring (bicyclic) bond motifs is 1. The van der Waals surface area contributed by atoms with Crippen LogP contribution in [0.5, 0.6) is 5.75 Å². The van der Waals surface area contributed by atoms with Gasteiger partial charge in [-0.05, 0) is 12.1 Å². The first-order valence-electron chi connectivity index (χ1n) is 7.10. The topological polar surface area (TPSA) is 67.5 Å². The maximum Gasteiger partial charge on any atom is 0.219 e. The lowest BCUT2D eigenvalue weighted by Gasteiger charge is -2.13. The molecule has 2 aromatic rings. The third kappa shape index (κ3) is 2.89. The molecule has 2 atom stereocenters. The van der Waals surface area contributed by atoms with E-state index in [2.05, 4.69) is 9.97 Å². The number of ether oxygens (including phenoxy) is 2. The van der Waals surface area contributed by atoms with Crippen molar-refractivity contribution < 1.29 is 18.7 Å². The minimum absolute atomic E-state index is 0.0946. The Balaban J connectivity index is 1.65. The first-order valence-corrected chi connectivity index (χ1v) is 7.10. The number of nitrogens with one attached hydrogen (secondary N) is 1. The number of alkyl halides is 1. The summed E-state index contributed by atoms with van der Waals surface area (Å²) in [7, 11) is 1.60. The lowest BCUT2D eigenvalue weighted by molar-refractivity contribution is -0.128. The van der Waals surface area contributed by atoms with E-state index < -0.39 is 12.3 Å². The van der Waals surface area contributed by atoms with Crippen LogP contribution in [0.15, 0.2) is 18.2 Å². The number of imidazole rings is 1. The maximum atomic E-state index is 13.8. The summed E-state index contributed by atoms with van der Waals surface area (Å²) >= 11 is 0. The highest BCUT2D eigenvalue weighted by Gasteiger charge is 2.35. The van der Waals surface area contributed by atoms with Gasteiger partial charge in [-0.25, -0.2) is 9.37 Å². The molecule has 22 heavy (non-hydrogen) atoms. The van der Waals surface area contributed by atoms with Crippen molar-refractivity contribution >= 4 is 16.9 Å². The number of halogens is 1. The van der Waals surface area contributed by atoms with Gasteiger partial charge in [0.25, 0.3) is 0 Å². The van der Waals surface area contributed by atoms with Gasteiger partial charge in [-0.15, -0.1) is 0 Å². The Kier molecular flexibility index (Phi) is 3.98. The SMILES string of the molecule is COc1ccc2nc(COC3CN(C(C)=O)CC3F)[nH]c2c1. The van der Waals surface area contributed by atoms with Crippen molar-refractivity contribution in [3.63, 3.8) is 0 Å². The Labute approximate surface area is 127 Å². The molecule has 118 valence electrons. The molecule has 1 amide bonds. The predicted octanol–water partition coefficient (Wildman–Crippen LogP) is 1.66. The second-order valence-corrected chi connectivity index (χ2v) is 5.36. The van der Waals surface area contributed by atoms with Crippen molar-refractivity contribution in [2.45, 2.75) is 25.8 Å². The second-order valence-electron chi connectivity index (χ2n) is 5.36. The Bertz CT molecular complexity index is 688. The zero-order valence-corrected chi connectivity index (χ0v) is 12.5. The van der Waals surface area contributed by atoms with E-state index in [9.17, 15) is 9.18 Å². The van der Waals surface area contributed by atoms with E-state index in [1.807, 2.05) is 18.2 Å². The highest BCUT2D eigenvalue weighted by atomic mass is 19.1. The zero-order chi connectivity index (χ0) is 15.7. The lowest BCUT2D eigenvalue weighted by atomic mass is 10.3. The molecule has 1 aliphatic rings. The van der Waals surface area contributed by atoms with Crippen LogP contribution in [0.4, 0.5) is 4.39 Å². The van der Waals surface area contributed by atoms with Gasteiger partial charge < -0.3 is 19.4 Å². The molecule has 0 saturated carbocycles. The number of rotatable bonds is 4. The average Bonchev–Trinajstić information content (AvgIpc) is 3.07. The first-order chi connectivity index (χ1) is 10.6. The van der Waals surface area contributed by atoms with Crippen LogP contribution in [0.1, 0.15) is 12.7 Å². The lowest BCUT2D eigenvalue weighted by Crippen LogP contribution is -2.27. The van der Waals surface area contributed by atoms with Gasteiger partial charge in [0.15, 0.2) is 0 Å². The molecule has 2 heterocycles. The highest BCUT2D eigenvalue weighted by molar-refractivity contribution is 5.76. The Morgan fingerprint density at radius 1 is 1.50 bits per heavy atom. The van der Waals surface area contributed by atoms with Crippen molar-refractivity contribution in [1.29, 1.82) is 0 Å². The van der Waals surface area contributed by atoms with Crippen molar-refractivity contribution in [1.82, 2.24) is 14.9 Å². The van der Waals surface area contributed by atoms with Crippen LogP contribution in [0.2, 0.25) is 0 Å². The summed E-state index contributed by atoms with van der Waals surface area (Å²) in [4.78, 5) is 20.2. The molecular weight excluding hydrogens is 289 g/mol. The molecule has 1 fully saturated rings. The van der Waals surface area contributed by atoms with E-state index in [0.717, 1.165) is 16.8 Å². The van der Waals surface area contributed by atoms with Crippen LogP contribution >= 0.6 is 0 Å². The smallest absolute Gasteiger partial charge is 0.219 e. The molecule has 1 N–H and O–H groups in total. The van der Waals surface area contributed by atoms with Gasteiger partial charge in [-0.2, -0.15) is 0 Å². The van der Waals surface area contributed by atoms with Crippen LogP contribution in [0.25, 0.3) is 11.0 Å². The normalized spacial score (nSPS) is 21.5. The fraction of sp³-hybridized carbons (Fsp3) is 0.467. The van der Waals surface area contributed by atoms with Crippen molar-refractivity contribution in [3.05, 3.63) is 24.0 Å². The number of benzene rings is 1. The van der Waals surface area contributed by atoms with E-state index in [0.29, 0.717) is 5.82 Å². The molecule has 3 rings (SSSR count). The first kappa shape index (κ1) is 14.8. The summed E-state index contributed by atoms with van der Waals surface area (Å²) in [6.45, 7) is 1.98. The third-order valence-corrected chi connectivity index (χ3v) is 3.82. The van der Waals surface area contributed by atoms with Crippen molar-refractivity contribution in [2.24, 2.45) is 0 Å². The molecule has 1 saturated heterocycles. The number of H-pyrrole nitrogens is 1. The van der Waals surface area contributed by atoms with Crippen LogP contribution in [0, 0.1) is 0 Å². The summed E-state index contributed by atoms with van der Waals surface area (Å²) in [5.74, 6) is 1.22. The molecule has 0 radical (unpaired) electrons. The van der Waals surface area contributed by atoms with Gasteiger partial charge in [-0.3, -0.25) is 4.79 Å². The molecule has 7 heteroatoms. The Morgan fingerprint density at radius 3 is 3.00 bits per heavy atom. The Hall–Kier alpha value is -2.15. The average molecular weight is 307 g/mol. The fourth-order valence-electron chi connectivity index (χ4n) is 2.57. The number of amides is 1. The van der Waals surface area contributed by atoms with Crippen molar-refractivity contribution in [3.8, 4) is 5.75 Å². The predicted molar refractivity (Wildman–Crippen MR) is 78.4 cm³/mol. The Morgan fingerprint density at radius 2 is 2.32 bits per heavy atom. The monoisotopic (exact) mass is 307 g/mol. The number of carbonyl (C=O) groups is 1. The van der Waals surface area contributed by atoms with Gasteiger partial charge in [0.05, 0.1) is 24.7 Å². The largest absolute Gasteiger partial charge is 0.497 e. The molecular formula is C15H18FN3O3. The van der Waals surface area contributed by atoms with Crippen LogP contribution in [0.3, 0.4) is 0 Å². The number of methoxy groups -OCH3 is 1. The number of carbonyl (C=O) groups excluding carboxylic acids is 1. The molecule has 6 nitrogen and oxygen atoms in total. The van der Waals surface area contributed by atoms with Gasteiger partial charge in [0, 0.05) is 19.5 Å². The fourth-order valence-corrected chi connectivity index (χ4v) is 2.57. The van der Waals surface area contributed by atoms with E-state index in [-0.39, 0.29) is 25.6 Å². The van der Waals surface area contributed by atoms with Gasteiger partial charge >= 0.3 is 0 Å². The summed E-state index contributed by atoms with van der Waals surface area (Å²) in [5, 5.41) is 0. The summed E-state index contributed by atoms with van der Waals surface area (Å²) in [5.41, 5.74) is 1.64. The molecule has 0 bridgehead atoms. The van der Waals surface area contributed by atoms with Gasteiger partial charge in [0.2, 0.25) is 5.91 Å². The summed E-state index contributed by atoms with van der Waals surface area (Å²) in [6.07, 6.45) is -1.76. The number of hydrogen-bond acceptors (Lipinski definition) is 4. The van der Waals surface area contributed by atoms with E-state index >= 15 is 0 Å². The van der Waals surface area contributed by atoms with Gasteiger partial charge in [0.1, 0.15) is 30.5 Å². The van der Waals surface area contributed by atoms with Gasteiger partial charge in [-0.1, -0.05) is 0 Å². The van der Waals surface area contributed by atoms with Crippen LogP contribution < -0.4 is 4.74 Å². The quantitative estimate of drug-likeness (QED) is 0.933. The highest BCUT2D eigenvalue weighted by Crippen LogP contribution is 2.21. The number of nitrogens with zero attached hydrogens (tertiary/aromatic N) is 2. The van der Waals surface area contributed by atoms with Crippen molar-refractivity contribution in [2.75, 3.05) is 20.2 Å². The minimum atomic E-state index is -1.16. The second kappa shape index (κ2) is 5.92. The maximum absolute atomic E-state index is 13.8. The number of likely N-dealkylation sites (tertiary alicyclic amines) is 1. The summed E-state index contributed by atoms with van der Waals surface area (Å²) in [6, 6.07) is 5.52. The minimum Gasteiger partial charge on any atom is -0.497 e. The van der Waals surface area contributed by atoms with E-state index in [1.54, 1.807) is 7.11 Å². The number of aromatic nitrogens is 2. The molecule has 0 spiro atoms. The number of hydrogen-bond donors (Lipinski definition) is 1. The summed E-state index contributed by atoms with van der Waals surface area (Å²) < 4.78 is 24.6. The standard InChI is InChI=1S/C15H18FN3O3/c1-9(20)19-6-11(16)14(7-19)22-8-15-17-12-4-3-10(21-2)5-13(12)18-15/h3-5,11,14H,6-8H2,1-2H3,(H,17,18). The zero-order valence-electron chi connectivity index (χ0n) is 12.5. The third-order valence-electron chi connectivity index (χ3n) is 3.82. The van der Waals surface area contributed by atoms with Crippen LogP contribution in [-0.2, 0) is 16.1 Å². The molecule has 1 aliphatic heterocycles. The van der Waals surface area contributed by atoms with E-state index in [4.69, 9.17) is 9.47 Å². The van der Waals surface area contributed by atoms with Crippen LogP contribution in [-0.4, -0.2) is 53.2 Å². The molecule has 1 aromatic heterocycles.